The highest BCUT2D eigenvalue weighted by Crippen LogP contribution is 2.38. The van der Waals surface area contributed by atoms with E-state index in [9.17, 15) is 18.0 Å². The van der Waals surface area contributed by atoms with Gasteiger partial charge in [0.1, 0.15) is 6.04 Å². The van der Waals surface area contributed by atoms with E-state index in [1.165, 1.54) is 4.31 Å². The Hall–Kier alpha value is -1.78. The van der Waals surface area contributed by atoms with E-state index in [1.807, 2.05) is 19.1 Å². The topological polar surface area (TPSA) is 74.8 Å². The molecule has 2 aliphatic rings. The summed E-state index contributed by atoms with van der Waals surface area (Å²) in [4.78, 5) is 27.0. The SMILES string of the molecule is Cc1ccc(S(=O)(=O)N(C2CC2)C2CC(=O)N(c3ccc(I)cc3)C2=O)cc1. The summed E-state index contributed by atoms with van der Waals surface area (Å²) in [6.07, 6.45) is 1.27. The van der Waals surface area contributed by atoms with Crippen LogP contribution in [-0.2, 0) is 19.6 Å². The zero-order valence-corrected chi connectivity index (χ0v) is 18.2. The molecular weight excluding hydrogens is 491 g/mol. The van der Waals surface area contributed by atoms with Crippen molar-refractivity contribution in [1.29, 1.82) is 0 Å². The lowest BCUT2D eigenvalue weighted by molar-refractivity contribution is -0.122. The van der Waals surface area contributed by atoms with Gasteiger partial charge in [-0.1, -0.05) is 17.7 Å². The molecule has 1 heterocycles. The van der Waals surface area contributed by atoms with Gasteiger partial charge in [0.2, 0.25) is 15.9 Å². The van der Waals surface area contributed by atoms with E-state index >= 15 is 0 Å². The molecule has 0 radical (unpaired) electrons. The van der Waals surface area contributed by atoms with E-state index < -0.39 is 22.0 Å². The average molecular weight is 510 g/mol. The van der Waals surface area contributed by atoms with Crippen molar-refractivity contribution in [3.05, 3.63) is 57.7 Å². The largest absolute Gasteiger partial charge is 0.274 e. The number of nitrogens with zero attached hydrogens (tertiary/aromatic N) is 2. The zero-order chi connectivity index (χ0) is 20.1. The maximum Gasteiger partial charge on any atom is 0.252 e. The number of sulfonamides is 1. The van der Waals surface area contributed by atoms with Crippen molar-refractivity contribution < 1.29 is 18.0 Å². The summed E-state index contributed by atoms with van der Waals surface area (Å²) in [5.41, 5.74) is 1.43. The molecular formula is C20H19IN2O4S. The average Bonchev–Trinajstić information content (AvgIpc) is 3.43. The van der Waals surface area contributed by atoms with Crippen molar-refractivity contribution in [1.82, 2.24) is 4.31 Å². The Morgan fingerprint density at radius 1 is 1.00 bits per heavy atom. The molecule has 2 aromatic rings. The summed E-state index contributed by atoms with van der Waals surface area (Å²) >= 11 is 2.15. The number of halogens is 1. The van der Waals surface area contributed by atoms with Gasteiger partial charge in [0, 0.05) is 9.61 Å². The molecule has 4 rings (SSSR count). The fraction of sp³-hybridized carbons (Fsp3) is 0.300. The molecule has 1 saturated heterocycles. The molecule has 0 bridgehead atoms. The van der Waals surface area contributed by atoms with Crippen molar-refractivity contribution in [2.45, 2.75) is 43.2 Å². The number of hydrogen-bond donors (Lipinski definition) is 0. The third-order valence-electron chi connectivity index (χ3n) is 5.02. The van der Waals surface area contributed by atoms with Crippen molar-refractivity contribution in [3.8, 4) is 0 Å². The summed E-state index contributed by atoms with van der Waals surface area (Å²) in [7, 11) is -3.87. The molecule has 146 valence electrons. The minimum Gasteiger partial charge on any atom is -0.274 e. The van der Waals surface area contributed by atoms with Crippen LogP contribution < -0.4 is 4.90 Å². The van der Waals surface area contributed by atoms with E-state index in [0.717, 1.165) is 14.0 Å². The summed E-state index contributed by atoms with van der Waals surface area (Å²) in [6, 6.07) is 12.4. The Kier molecular flexibility index (Phi) is 5.05. The van der Waals surface area contributed by atoms with Gasteiger partial charge in [0.25, 0.3) is 5.91 Å². The molecule has 0 aromatic heterocycles. The molecule has 1 saturated carbocycles. The first-order valence-electron chi connectivity index (χ1n) is 9.01. The van der Waals surface area contributed by atoms with Crippen LogP contribution in [0.15, 0.2) is 53.4 Å². The maximum absolute atomic E-state index is 13.3. The lowest BCUT2D eigenvalue weighted by Crippen LogP contribution is -2.46. The number of carbonyl (C=O) groups excluding carboxylic acids is 2. The first-order valence-corrected chi connectivity index (χ1v) is 11.5. The van der Waals surface area contributed by atoms with E-state index in [1.54, 1.807) is 36.4 Å². The smallest absolute Gasteiger partial charge is 0.252 e. The summed E-state index contributed by atoms with van der Waals surface area (Å²) in [5, 5.41) is 0. The summed E-state index contributed by atoms with van der Waals surface area (Å²) in [5.74, 6) is -0.852. The Balaban J connectivity index is 1.69. The number of rotatable bonds is 5. The minimum atomic E-state index is -3.87. The minimum absolute atomic E-state index is 0.133. The molecule has 2 amide bonds. The van der Waals surface area contributed by atoms with Gasteiger partial charge in [-0.25, -0.2) is 13.3 Å². The molecule has 8 heteroatoms. The van der Waals surface area contributed by atoms with Crippen LogP contribution in [0.4, 0.5) is 5.69 Å². The fourth-order valence-corrected chi connectivity index (χ4v) is 5.64. The Labute approximate surface area is 177 Å². The number of benzene rings is 2. The van der Waals surface area contributed by atoms with E-state index in [2.05, 4.69) is 22.6 Å². The lowest BCUT2D eigenvalue weighted by atomic mass is 10.2. The molecule has 1 aliphatic carbocycles. The third kappa shape index (κ3) is 3.48. The van der Waals surface area contributed by atoms with Gasteiger partial charge >= 0.3 is 0 Å². The summed E-state index contributed by atoms with van der Waals surface area (Å²) < 4.78 is 28.8. The van der Waals surface area contributed by atoms with Crippen LogP contribution in [0.3, 0.4) is 0 Å². The van der Waals surface area contributed by atoms with Crippen molar-refractivity contribution in [2.75, 3.05) is 4.90 Å². The third-order valence-corrected chi connectivity index (χ3v) is 7.71. The van der Waals surface area contributed by atoms with Gasteiger partial charge in [-0.3, -0.25) is 9.59 Å². The first-order chi connectivity index (χ1) is 13.3. The highest BCUT2D eigenvalue weighted by Gasteiger charge is 2.51. The Morgan fingerprint density at radius 2 is 1.61 bits per heavy atom. The number of hydrogen-bond acceptors (Lipinski definition) is 4. The van der Waals surface area contributed by atoms with Crippen LogP contribution in [0.1, 0.15) is 24.8 Å². The number of carbonyl (C=O) groups is 2. The fourth-order valence-electron chi connectivity index (χ4n) is 3.46. The van der Waals surface area contributed by atoms with E-state index in [0.29, 0.717) is 18.5 Å². The zero-order valence-electron chi connectivity index (χ0n) is 15.2. The van der Waals surface area contributed by atoms with Crippen LogP contribution in [0.25, 0.3) is 0 Å². The van der Waals surface area contributed by atoms with Crippen molar-refractivity contribution in [3.63, 3.8) is 0 Å². The van der Waals surface area contributed by atoms with Gasteiger partial charge in [0.05, 0.1) is 17.0 Å². The van der Waals surface area contributed by atoms with E-state index in [-0.39, 0.29) is 23.3 Å². The number of anilines is 1. The second-order valence-corrected chi connectivity index (χ2v) is 10.2. The molecule has 2 aromatic carbocycles. The van der Waals surface area contributed by atoms with Crippen LogP contribution in [0.5, 0.6) is 0 Å². The van der Waals surface area contributed by atoms with Crippen molar-refractivity contribution in [2.24, 2.45) is 0 Å². The number of aryl methyl sites for hydroxylation is 1. The number of amides is 2. The van der Waals surface area contributed by atoms with Crippen LogP contribution >= 0.6 is 22.6 Å². The van der Waals surface area contributed by atoms with Gasteiger partial charge in [-0.2, -0.15) is 4.31 Å². The normalized spacial score (nSPS) is 20.2. The highest BCUT2D eigenvalue weighted by atomic mass is 127. The molecule has 1 atom stereocenters. The van der Waals surface area contributed by atoms with Crippen molar-refractivity contribution >= 4 is 50.1 Å². The second kappa shape index (κ2) is 7.23. The van der Waals surface area contributed by atoms with Gasteiger partial charge < -0.3 is 0 Å². The number of imide groups is 1. The highest BCUT2D eigenvalue weighted by molar-refractivity contribution is 14.1. The predicted octanol–water partition coefficient (Wildman–Crippen LogP) is 3.08. The van der Waals surface area contributed by atoms with Gasteiger partial charge in [-0.05, 0) is 78.8 Å². The first kappa shape index (κ1) is 19.5. The van der Waals surface area contributed by atoms with Crippen LogP contribution in [0.2, 0.25) is 0 Å². The Morgan fingerprint density at radius 3 is 2.18 bits per heavy atom. The standard InChI is InChI=1S/C20H19IN2O4S/c1-13-2-10-17(11-3-13)28(26,27)23(16-8-9-16)18-12-19(24)22(20(18)25)15-6-4-14(21)5-7-15/h2-7,10-11,16,18H,8-9,12H2,1H3. The molecule has 1 aliphatic heterocycles. The monoisotopic (exact) mass is 510 g/mol. The molecule has 1 unspecified atom stereocenters. The maximum atomic E-state index is 13.3. The molecule has 28 heavy (non-hydrogen) atoms. The molecule has 0 spiro atoms. The van der Waals surface area contributed by atoms with Gasteiger partial charge in [0.15, 0.2) is 0 Å². The van der Waals surface area contributed by atoms with Gasteiger partial charge in [-0.15, -0.1) is 0 Å². The predicted molar refractivity (Wildman–Crippen MR) is 113 cm³/mol. The summed E-state index contributed by atoms with van der Waals surface area (Å²) in [6.45, 7) is 1.88. The quantitative estimate of drug-likeness (QED) is 0.458. The lowest BCUT2D eigenvalue weighted by Gasteiger charge is -2.26. The molecule has 0 N–H and O–H groups in total. The molecule has 6 nitrogen and oxygen atoms in total. The van der Waals surface area contributed by atoms with E-state index in [4.69, 9.17) is 0 Å². The van der Waals surface area contributed by atoms with Crippen LogP contribution in [-0.4, -0.2) is 36.6 Å². The second-order valence-electron chi connectivity index (χ2n) is 7.14. The Bertz CT molecular complexity index is 1030. The molecule has 2 fully saturated rings. The van der Waals surface area contributed by atoms with Crippen LogP contribution in [0, 0.1) is 10.5 Å².